The number of amides is 4. The number of hydrogen-bond donors (Lipinski definition) is 4. The first-order chi connectivity index (χ1) is 23.4. The van der Waals surface area contributed by atoms with E-state index in [1.165, 1.54) is 9.80 Å². The molecule has 14 heteroatoms. The summed E-state index contributed by atoms with van der Waals surface area (Å²) < 4.78 is 0. The SMILES string of the molecule is CCCCN1CC(C(=O)NCCCc2ccc(Cl)c(Cl)c2)=C(O)C1=O.CCCN1CC(C(=O)NCCCc2ccc(Cl)c(Cl)c2)=C(O)C1=O. The van der Waals surface area contributed by atoms with Gasteiger partial charge in [0, 0.05) is 26.2 Å². The lowest BCUT2D eigenvalue weighted by molar-refractivity contribution is -0.128. The van der Waals surface area contributed by atoms with Gasteiger partial charge < -0.3 is 30.6 Å². The predicted octanol–water partition coefficient (Wildman–Crippen LogP) is 6.60. The summed E-state index contributed by atoms with van der Waals surface area (Å²) in [4.78, 5) is 51.0. The zero-order valence-electron chi connectivity index (χ0n) is 27.6. The van der Waals surface area contributed by atoms with Crippen molar-refractivity contribution in [3.8, 4) is 0 Å². The van der Waals surface area contributed by atoms with E-state index in [4.69, 9.17) is 46.4 Å². The van der Waals surface area contributed by atoms with Crippen LogP contribution in [-0.4, -0.2) is 82.9 Å². The number of benzene rings is 2. The maximum atomic E-state index is 12.2. The minimum absolute atomic E-state index is 0.142. The minimum Gasteiger partial charge on any atom is -0.503 e. The summed E-state index contributed by atoms with van der Waals surface area (Å²) in [6.45, 7) is 6.25. The van der Waals surface area contributed by atoms with Crippen molar-refractivity contribution in [3.05, 3.63) is 90.3 Å². The molecule has 0 fully saturated rings. The van der Waals surface area contributed by atoms with Gasteiger partial charge in [-0.3, -0.25) is 19.2 Å². The fourth-order valence-electron chi connectivity index (χ4n) is 5.16. The predicted molar refractivity (Wildman–Crippen MR) is 193 cm³/mol. The molecule has 2 heterocycles. The molecule has 0 unspecified atom stereocenters. The molecule has 0 atom stereocenters. The van der Waals surface area contributed by atoms with E-state index >= 15 is 0 Å². The summed E-state index contributed by atoms with van der Waals surface area (Å²) in [6, 6.07) is 10.9. The number of hydrogen-bond acceptors (Lipinski definition) is 6. The van der Waals surface area contributed by atoms with Gasteiger partial charge in [0.05, 0.1) is 44.3 Å². The summed E-state index contributed by atoms with van der Waals surface area (Å²) in [5, 5.41) is 27.2. The number of nitrogens with zero attached hydrogens (tertiary/aromatic N) is 2. The molecule has 2 aromatic rings. The second-order valence-electron chi connectivity index (χ2n) is 11.7. The summed E-state index contributed by atoms with van der Waals surface area (Å²) in [5.74, 6) is -2.59. The molecule has 4 amide bonds. The third-order valence-electron chi connectivity index (χ3n) is 7.90. The van der Waals surface area contributed by atoms with Crippen LogP contribution in [0.25, 0.3) is 0 Å². The van der Waals surface area contributed by atoms with E-state index in [-0.39, 0.29) is 30.1 Å². The highest BCUT2D eigenvalue weighted by molar-refractivity contribution is 6.42. The molecule has 266 valence electrons. The lowest BCUT2D eigenvalue weighted by Crippen LogP contribution is -2.31. The van der Waals surface area contributed by atoms with Crippen LogP contribution in [0.2, 0.25) is 20.1 Å². The number of nitrogens with one attached hydrogen (secondary N) is 2. The van der Waals surface area contributed by atoms with Crippen molar-refractivity contribution in [3.63, 3.8) is 0 Å². The molecule has 2 aliphatic heterocycles. The van der Waals surface area contributed by atoms with Crippen LogP contribution in [0.15, 0.2) is 59.1 Å². The second-order valence-corrected chi connectivity index (χ2v) is 13.3. The van der Waals surface area contributed by atoms with Gasteiger partial charge in [-0.2, -0.15) is 0 Å². The Labute approximate surface area is 307 Å². The fraction of sp³-hybridized carbons (Fsp3) is 0.429. The van der Waals surface area contributed by atoms with E-state index in [0.717, 1.165) is 43.2 Å². The molecule has 0 aliphatic carbocycles. The van der Waals surface area contributed by atoms with Crippen molar-refractivity contribution in [2.45, 2.75) is 58.8 Å². The number of aryl methyl sites for hydroxylation is 2. The summed E-state index contributed by atoms with van der Waals surface area (Å²) >= 11 is 23.7. The van der Waals surface area contributed by atoms with Crippen molar-refractivity contribution in [1.82, 2.24) is 20.4 Å². The first-order valence-electron chi connectivity index (χ1n) is 16.2. The molecular formula is C35H42Cl4N4O6. The number of halogens is 4. The Bertz CT molecular complexity index is 1600. The molecule has 4 N–H and O–H groups in total. The topological polar surface area (TPSA) is 139 Å². The number of carbonyl (C=O) groups excluding carboxylic acids is 4. The number of aliphatic hydroxyl groups excluding tert-OH is 2. The molecule has 10 nitrogen and oxygen atoms in total. The van der Waals surface area contributed by atoms with Gasteiger partial charge in [-0.25, -0.2) is 0 Å². The van der Waals surface area contributed by atoms with Crippen molar-refractivity contribution in [2.75, 3.05) is 39.3 Å². The van der Waals surface area contributed by atoms with Gasteiger partial charge in [0.15, 0.2) is 11.5 Å². The lowest BCUT2D eigenvalue weighted by Gasteiger charge is -2.15. The highest BCUT2D eigenvalue weighted by Crippen LogP contribution is 2.24. The monoisotopic (exact) mass is 754 g/mol. The Morgan fingerprint density at radius 1 is 0.653 bits per heavy atom. The lowest BCUT2D eigenvalue weighted by atomic mass is 10.1. The van der Waals surface area contributed by atoms with Crippen LogP contribution in [0.5, 0.6) is 0 Å². The van der Waals surface area contributed by atoms with Gasteiger partial charge in [-0.15, -0.1) is 0 Å². The molecule has 2 aliphatic rings. The van der Waals surface area contributed by atoms with E-state index in [2.05, 4.69) is 10.6 Å². The van der Waals surface area contributed by atoms with E-state index in [0.29, 0.717) is 59.1 Å². The zero-order valence-corrected chi connectivity index (χ0v) is 30.6. The molecule has 49 heavy (non-hydrogen) atoms. The van der Waals surface area contributed by atoms with E-state index in [1.807, 2.05) is 26.0 Å². The summed E-state index contributed by atoms with van der Waals surface area (Å²) in [5.41, 5.74) is 2.36. The van der Waals surface area contributed by atoms with Crippen LogP contribution in [0.4, 0.5) is 0 Å². The van der Waals surface area contributed by atoms with Gasteiger partial charge in [0.1, 0.15) is 0 Å². The highest BCUT2D eigenvalue weighted by Gasteiger charge is 2.34. The number of carbonyl (C=O) groups is 4. The molecule has 0 aromatic heterocycles. The molecule has 4 rings (SSSR count). The Hall–Kier alpha value is -3.44. The Kier molecular flexibility index (Phi) is 16.1. The standard InChI is InChI=1S/C18H22Cl2N2O3.C17H20Cl2N2O3/c1-2-3-9-22-11-13(16(23)18(22)25)17(24)21-8-4-5-12-6-7-14(19)15(20)10-12;1-2-8-21-10-12(15(22)17(21)24)16(23)20-7-3-4-11-5-6-13(18)14(19)9-11/h6-7,10,23H,2-5,8-9,11H2,1H3,(H,21,24);5-6,9,22H,2-4,7-8,10H2,1H3,(H,20,23). The highest BCUT2D eigenvalue weighted by atomic mass is 35.5. The van der Waals surface area contributed by atoms with Crippen LogP contribution < -0.4 is 10.6 Å². The Balaban J connectivity index is 0.000000266. The van der Waals surface area contributed by atoms with Crippen LogP contribution in [0.3, 0.4) is 0 Å². The molecule has 0 saturated heterocycles. The fourth-order valence-corrected chi connectivity index (χ4v) is 5.81. The normalized spacial score (nSPS) is 14.4. The molecule has 0 radical (unpaired) electrons. The minimum atomic E-state index is -0.474. The smallest absolute Gasteiger partial charge is 0.289 e. The van der Waals surface area contributed by atoms with Crippen LogP contribution in [0, 0.1) is 0 Å². The third kappa shape index (κ3) is 11.6. The molecule has 0 saturated carbocycles. The molecule has 0 spiro atoms. The van der Waals surface area contributed by atoms with E-state index < -0.39 is 29.2 Å². The van der Waals surface area contributed by atoms with Crippen molar-refractivity contribution in [1.29, 1.82) is 0 Å². The Morgan fingerprint density at radius 2 is 1.08 bits per heavy atom. The van der Waals surface area contributed by atoms with Crippen LogP contribution >= 0.6 is 46.4 Å². The summed E-state index contributed by atoms with van der Waals surface area (Å²) in [6.07, 6.45) is 5.47. The maximum absolute atomic E-state index is 12.2. The maximum Gasteiger partial charge on any atom is 0.289 e. The van der Waals surface area contributed by atoms with E-state index in [1.54, 1.807) is 24.3 Å². The average Bonchev–Trinajstić information content (AvgIpc) is 3.53. The molecular weight excluding hydrogens is 714 g/mol. The first-order valence-corrected chi connectivity index (χ1v) is 17.8. The van der Waals surface area contributed by atoms with Crippen LogP contribution in [0.1, 0.15) is 57.1 Å². The second kappa shape index (κ2) is 19.7. The number of aliphatic hydroxyl groups is 2. The third-order valence-corrected chi connectivity index (χ3v) is 9.37. The van der Waals surface area contributed by atoms with Gasteiger partial charge in [-0.05, 0) is 73.9 Å². The zero-order chi connectivity index (χ0) is 36.1. The van der Waals surface area contributed by atoms with Crippen molar-refractivity contribution >= 4 is 70.0 Å². The van der Waals surface area contributed by atoms with E-state index in [9.17, 15) is 29.4 Å². The van der Waals surface area contributed by atoms with Gasteiger partial charge in [0.2, 0.25) is 0 Å². The molecule has 2 aromatic carbocycles. The first kappa shape index (κ1) is 40.0. The quantitative estimate of drug-likeness (QED) is 0.151. The van der Waals surface area contributed by atoms with Gasteiger partial charge in [-0.1, -0.05) is 78.8 Å². The number of unbranched alkanes of at least 4 members (excludes halogenated alkanes) is 1. The number of rotatable bonds is 15. The average molecular weight is 757 g/mol. The summed E-state index contributed by atoms with van der Waals surface area (Å²) in [7, 11) is 0. The largest absolute Gasteiger partial charge is 0.503 e. The van der Waals surface area contributed by atoms with Crippen LogP contribution in [-0.2, 0) is 32.0 Å². The molecule has 0 bridgehead atoms. The van der Waals surface area contributed by atoms with Crippen molar-refractivity contribution in [2.24, 2.45) is 0 Å². The van der Waals surface area contributed by atoms with Gasteiger partial charge in [0.25, 0.3) is 23.6 Å². The van der Waals surface area contributed by atoms with Crippen molar-refractivity contribution < 1.29 is 29.4 Å². The Morgan fingerprint density at radius 3 is 1.47 bits per heavy atom. The van der Waals surface area contributed by atoms with Gasteiger partial charge >= 0.3 is 0 Å².